The van der Waals surface area contributed by atoms with E-state index < -0.39 is 17.7 Å². The number of aliphatic hydroxyl groups is 1. The molecule has 0 spiro atoms. The number of thiazole rings is 1. The molecule has 1 amide bonds. The number of carbonyl (C=O) groups is 2. The van der Waals surface area contributed by atoms with Crippen LogP contribution in [0.1, 0.15) is 35.4 Å². The molecule has 1 saturated heterocycles. The van der Waals surface area contributed by atoms with E-state index >= 15 is 0 Å². The summed E-state index contributed by atoms with van der Waals surface area (Å²) in [6, 6.07) is 15.8. The number of aliphatic hydroxyl groups excluding tert-OH is 1. The zero-order valence-electron chi connectivity index (χ0n) is 18.6. The number of hydrogen-bond acceptors (Lipinski definition) is 7. The molecular weight excluding hydrogens is 468 g/mol. The Kier molecular flexibility index (Phi) is 5.93. The van der Waals surface area contributed by atoms with E-state index in [0.29, 0.717) is 23.1 Å². The molecule has 6 nitrogen and oxygen atoms in total. The summed E-state index contributed by atoms with van der Waals surface area (Å²) in [5.41, 5.74) is 2.33. The standard InChI is InChI=1S/C26H22N2O4S2/c1-3-11-32-17-7-4-6-16(14-17)23(29)21-22(19-8-5-12-33-19)28(25(31)24(21)30)26-27-18-10-9-15(2)13-20(18)34-26/h4-10,12-14,22,29H,3,11H2,1-2H3/b23-21+. The van der Waals surface area contributed by atoms with E-state index in [1.807, 2.05) is 49.6 Å². The van der Waals surface area contributed by atoms with Crippen LogP contribution in [0.5, 0.6) is 5.75 Å². The third-order valence-corrected chi connectivity index (χ3v) is 7.52. The maximum Gasteiger partial charge on any atom is 0.301 e. The van der Waals surface area contributed by atoms with Crippen LogP contribution >= 0.6 is 22.7 Å². The number of carbonyl (C=O) groups excluding carboxylic acids is 2. The minimum atomic E-state index is -0.762. The van der Waals surface area contributed by atoms with Gasteiger partial charge in [0.25, 0.3) is 5.78 Å². The van der Waals surface area contributed by atoms with Gasteiger partial charge in [0, 0.05) is 10.4 Å². The summed E-state index contributed by atoms with van der Waals surface area (Å²) in [4.78, 5) is 33.4. The molecular formula is C26H22N2O4S2. The molecule has 1 N–H and O–H groups in total. The van der Waals surface area contributed by atoms with E-state index in [1.54, 1.807) is 24.3 Å². The Labute approximate surface area is 204 Å². The van der Waals surface area contributed by atoms with E-state index in [-0.39, 0.29) is 11.3 Å². The van der Waals surface area contributed by atoms with Gasteiger partial charge in [-0.15, -0.1) is 11.3 Å². The molecule has 0 aliphatic carbocycles. The number of ether oxygens (including phenoxy) is 1. The van der Waals surface area contributed by atoms with E-state index in [4.69, 9.17) is 4.74 Å². The molecule has 4 aromatic rings. The average Bonchev–Trinajstić information content (AvgIpc) is 3.56. The number of aryl methyl sites for hydroxylation is 1. The Morgan fingerprint density at radius 2 is 2.00 bits per heavy atom. The molecule has 1 aliphatic heterocycles. The van der Waals surface area contributed by atoms with Gasteiger partial charge in [-0.25, -0.2) is 4.98 Å². The second-order valence-electron chi connectivity index (χ2n) is 8.03. The lowest BCUT2D eigenvalue weighted by molar-refractivity contribution is -0.132. The van der Waals surface area contributed by atoms with E-state index in [9.17, 15) is 14.7 Å². The fourth-order valence-electron chi connectivity index (χ4n) is 3.98. The van der Waals surface area contributed by atoms with Gasteiger partial charge in [-0.05, 0) is 54.6 Å². The highest BCUT2D eigenvalue weighted by molar-refractivity contribution is 7.22. The maximum absolute atomic E-state index is 13.3. The van der Waals surface area contributed by atoms with Crippen molar-refractivity contribution in [3.63, 3.8) is 0 Å². The summed E-state index contributed by atoms with van der Waals surface area (Å²) in [5, 5.41) is 13.6. The van der Waals surface area contributed by atoms with Crippen molar-refractivity contribution < 1.29 is 19.4 Å². The minimum absolute atomic E-state index is 0.0514. The first-order valence-corrected chi connectivity index (χ1v) is 12.6. The minimum Gasteiger partial charge on any atom is -0.507 e. The zero-order chi connectivity index (χ0) is 23.8. The monoisotopic (exact) mass is 490 g/mol. The first kappa shape index (κ1) is 22.3. The first-order chi connectivity index (χ1) is 16.5. The Bertz CT molecular complexity index is 1420. The third-order valence-electron chi connectivity index (χ3n) is 5.58. The molecule has 2 aromatic carbocycles. The Morgan fingerprint density at radius 1 is 1.15 bits per heavy atom. The molecule has 0 radical (unpaired) electrons. The van der Waals surface area contributed by atoms with Crippen molar-refractivity contribution in [1.82, 2.24) is 4.98 Å². The molecule has 0 saturated carbocycles. The number of fused-ring (bicyclic) bond motifs is 1. The smallest absolute Gasteiger partial charge is 0.301 e. The van der Waals surface area contributed by atoms with Crippen molar-refractivity contribution in [3.8, 4) is 5.75 Å². The van der Waals surface area contributed by atoms with Crippen LogP contribution in [-0.2, 0) is 9.59 Å². The van der Waals surface area contributed by atoms with Gasteiger partial charge >= 0.3 is 5.91 Å². The summed E-state index contributed by atoms with van der Waals surface area (Å²) in [6.07, 6.45) is 0.849. The molecule has 5 rings (SSSR count). The SMILES string of the molecule is CCCOc1cccc(/C(O)=C2\C(=O)C(=O)N(c3nc4ccc(C)cc4s3)C2c2cccs2)c1. The van der Waals surface area contributed by atoms with Crippen LogP contribution in [-0.4, -0.2) is 28.4 Å². The van der Waals surface area contributed by atoms with Gasteiger partial charge in [-0.3, -0.25) is 14.5 Å². The molecule has 2 aromatic heterocycles. The predicted molar refractivity (Wildman–Crippen MR) is 136 cm³/mol. The van der Waals surface area contributed by atoms with Crippen molar-refractivity contribution in [2.45, 2.75) is 26.3 Å². The molecule has 1 atom stereocenters. The quantitative estimate of drug-likeness (QED) is 0.201. The molecule has 0 bridgehead atoms. The highest BCUT2D eigenvalue weighted by Gasteiger charge is 2.48. The third kappa shape index (κ3) is 3.89. The second kappa shape index (κ2) is 9.04. The molecule has 172 valence electrons. The van der Waals surface area contributed by atoms with Crippen molar-refractivity contribution >= 4 is 55.5 Å². The molecule has 8 heteroatoms. The number of hydrogen-bond donors (Lipinski definition) is 1. The van der Waals surface area contributed by atoms with Gasteiger partial charge in [0.05, 0.1) is 22.4 Å². The number of benzene rings is 2. The van der Waals surface area contributed by atoms with Crippen LogP contribution in [0, 0.1) is 6.92 Å². The lowest BCUT2D eigenvalue weighted by atomic mass is 10.00. The van der Waals surface area contributed by atoms with Crippen LogP contribution in [0.4, 0.5) is 5.13 Å². The Morgan fingerprint density at radius 3 is 2.76 bits per heavy atom. The summed E-state index contributed by atoms with van der Waals surface area (Å²) in [6.45, 7) is 4.55. The maximum atomic E-state index is 13.3. The Hall–Kier alpha value is -3.49. The highest BCUT2D eigenvalue weighted by atomic mass is 32.1. The summed E-state index contributed by atoms with van der Waals surface area (Å²) in [5.74, 6) is -1.06. The molecule has 1 unspecified atom stereocenters. The number of nitrogens with zero attached hydrogens (tertiary/aromatic N) is 2. The number of thiophene rings is 1. The van der Waals surface area contributed by atoms with E-state index in [0.717, 1.165) is 27.1 Å². The van der Waals surface area contributed by atoms with Crippen LogP contribution < -0.4 is 9.64 Å². The van der Waals surface area contributed by atoms with Crippen molar-refractivity contribution in [3.05, 3.63) is 81.6 Å². The normalized spacial score (nSPS) is 17.6. The van der Waals surface area contributed by atoms with Crippen LogP contribution in [0.15, 0.2) is 65.6 Å². The number of ketones is 1. The van der Waals surface area contributed by atoms with Crippen molar-refractivity contribution in [1.29, 1.82) is 0 Å². The molecule has 1 fully saturated rings. The fraction of sp³-hybridized carbons (Fsp3) is 0.192. The first-order valence-electron chi connectivity index (χ1n) is 10.9. The summed E-state index contributed by atoms with van der Waals surface area (Å²) < 4.78 is 6.62. The highest BCUT2D eigenvalue weighted by Crippen LogP contribution is 2.45. The van der Waals surface area contributed by atoms with E-state index in [2.05, 4.69) is 4.98 Å². The zero-order valence-corrected chi connectivity index (χ0v) is 20.3. The van der Waals surface area contributed by atoms with Gasteiger partial charge < -0.3 is 9.84 Å². The van der Waals surface area contributed by atoms with Gasteiger partial charge in [0.1, 0.15) is 17.6 Å². The van der Waals surface area contributed by atoms with Gasteiger partial charge in [-0.1, -0.05) is 42.5 Å². The largest absolute Gasteiger partial charge is 0.507 e. The lowest BCUT2D eigenvalue weighted by Gasteiger charge is -2.21. The van der Waals surface area contributed by atoms with Crippen LogP contribution in [0.2, 0.25) is 0 Å². The number of rotatable bonds is 6. The van der Waals surface area contributed by atoms with Crippen LogP contribution in [0.25, 0.3) is 16.0 Å². The summed E-state index contributed by atoms with van der Waals surface area (Å²) in [7, 11) is 0. The van der Waals surface area contributed by atoms with Crippen LogP contribution in [0.3, 0.4) is 0 Å². The molecule has 3 heterocycles. The van der Waals surface area contributed by atoms with Crippen molar-refractivity contribution in [2.24, 2.45) is 0 Å². The fourth-order valence-corrected chi connectivity index (χ4v) is 5.89. The second-order valence-corrected chi connectivity index (χ2v) is 10.0. The predicted octanol–water partition coefficient (Wildman–Crippen LogP) is 6.08. The van der Waals surface area contributed by atoms with Gasteiger partial charge in [-0.2, -0.15) is 0 Å². The summed E-state index contributed by atoms with van der Waals surface area (Å²) >= 11 is 2.78. The lowest BCUT2D eigenvalue weighted by Crippen LogP contribution is -2.28. The number of aromatic nitrogens is 1. The average molecular weight is 491 g/mol. The number of amides is 1. The number of Topliss-reactive ketones (excluding diaryl/α,β-unsaturated/α-hetero) is 1. The van der Waals surface area contributed by atoms with E-state index in [1.165, 1.54) is 27.6 Å². The van der Waals surface area contributed by atoms with Crippen molar-refractivity contribution in [2.75, 3.05) is 11.5 Å². The molecule has 1 aliphatic rings. The topological polar surface area (TPSA) is 79.7 Å². The van der Waals surface area contributed by atoms with Gasteiger partial charge in [0.15, 0.2) is 5.13 Å². The molecule has 34 heavy (non-hydrogen) atoms. The van der Waals surface area contributed by atoms with Gasteiger partial charge in [0.2, 0.25) is 0 Å². The number of anilines is 1. The Balaban J connectivity index is 1.65.